The molecule has 0 saturated carbocycles. The van der Waals surface area contributed by atoms with E-state index in [4.69, 9.17) is 9.84 Å². The fraction of sp³-hybridized carbons (Fsp3) is 0.905. The molecule has 0 amide bonds. The largest absolute Gasteiger partial charge is 0.481 e. The van der Waals surface area contributed by atoms with Gasteiger partial charge in [-0.05, 0) is 32.1 Å². The fourth-order valence-electron chi connectivity index (χ4n) is 6.48. The summed E-state index contributed by atoms with van der Waals surface area (Å²) in [4.78, 5) is 46.5. The first-order valence-electron chi connectivity index (χ1n) is 20.9. The van der Waals surface area contributed by atoms with Gasteiger partial charge in [-0.15, -0.1) is 0 Å². The standard InChI is InChI=1S/C42H78O6/c1-2-3-4-5-6-7-8-9-10-17-22-27-32-37-41(46)48-42(47)38-33-28-23-18-12-11-14-19-24-29-34-39(43)35-30-25-20-15-13-16-21-26-31-36-40(44)45/h2-38H2,1H3,(H,44,45). The summed E-state index contributed by atoms with van der Waals surface area (Å²) >= 11 is 0. The van der Waals surface area contributed by atoms with Gasteiger partial charge in [-0.1, -0.05) is 180 Å². The van der Waals surface area contributed by atoms with Crippen molar-refractivity contribution in [2.75, 3.05) is 0 Å². The Kier molecular flexibility index (Phi) is 36.7. The topological polar surface area (TPSA) is 97.7 Å². The van der Waals surface area contributed by atoms with Crippen LogP contribution in [-0.4, -0.2) is 28.8 Å². The highest BCUT2D eigenvalue weighted by Crippen LogP contribution is 2.16. The van der Waals surface area contributed by atoms with Crippen LogP contribution in [0.4, 0.5) is 0 Å². The molecule has 0 radical (unpaired) electrons. The first kappa shape index (κ1) is 46.3. The maximum absolute atomic E-state index is 12.1. The normalized spacial score (nSPS) is 11.2. The van der Waals surface area contributed by atoms with Gasteiger partial charge in [0.25, 0.3) is 0 Å². The number of carbonyl (C=O) groups is 4. The van der Waals surface area contributed by atoms with E-state index >= 15 is 0 Å². The lowest BCUT2D eigenvalue weighted by Crippen LogP contribution is -2.11. The molecule has 1 N–H and O–H groups in total. The van der Waals surface area contributed by atoms with Crippen molar-refractivity contribution in [1.82, 2.24) is 0 Å². The van der Waals surface area contributed by atoms with Crippen LogP contribution in [0.3, 0.4) is 0 Å². The summed E-state index contributed by atoms with van der Waals surface area (Å²) in [5.41, 5.74) is 0. The Morgan fingerprint density at radius 2 is 0.562 bits per heavy atom. The second kappa shape index (κ2) is 38.1. The van der Waals surface area contributed by atoms with Gasteiger partial charge in [0.2, 0.25) is 0 Å². The van der Waals surface area contributed by atoms with Crippen LogP contribution in [0.25, 0.3) is 0 Å². The average molecular weight is 679 g/mol. The lowest BCUT2D eigenvalue weighted by atomic mass is 10.0. The monoisotopic (exact) mass is 679 g/mol. The molecule has 0 aliphatic heterocycles. The third kappa shape index (κ3) is 38.7. The van der Waals surface area contributed by atoms with Gasteiger partial charge in [0.15, 0.2) is 0 Å². The number of hydrogen-bond acceptors (Lipinski definition) is 5. The van der Waals surface area contributed by atoms with Crippen LogP contribution in [-0.2, 0) is 23.9 Å². The Morgan fingerprint density at radius 3 is 0.833 bits per heavy atom. The molecule has 0 aliphatic carbocycles. The zero-order valence-electron chi connectivity index (χ0n) is 31.7. The van der Waals surface area contributed by atoms with Crippen molar-refractivity contribution in [3.8, 4) is 0 Å². The first-order valence-corrected chi connectivity index (χ1v) is 20.9. The lowest BCUT2D eigenvalue weighted by molar-refractivity contribution is -0.159. The van der Waals surface area contributed by atoms with Gasteiger partial charge in [-0.2, -0.15) is 0 Å². The highest BCUT2D eigenvalue weighted by Gasteiger charge is 2.10. The minimum atomic E-state index is -0.692. The number of hydrogen-bond donors (Lipinski definition) is 1. The number of Topliss-reactive ketones (excluding diaryl/α,β-unsaturated/α-hetero) is 1. The molecule has 0 heterocycles. The van der Waals surface area contributed by atoms with Gasteiger partial charge < -0.3 is 9.84 Å². The number of carboxylic acids is 1. The predicted molar refractivity (Wildman–Crippen MR) is 200 cm³/mol. The highest BCUT2D eigenvalue weighted by atomic mass is 16.6. The van der Waals surface area contributed by atoms with Crippen LogP contribution in [0.15, 0.2) is 0 Å². The van der Waals surface area contributed by atoms with Crippen molar-refractivity contribution in [2.24, 2.45) is 0 Å². The molecule has 282 valence electrons. The number of esters is 2. The molecular weight excluding hydrogens is 600 g/mol. The lowest BCUT2D eigenvalue weighted by Gasteiger charge is -2.05. The minimum absolute atomic E-state index is 0.295. The molecule has 0 atom stereocenters. The molecule has 6 nitrogen and oxygen atoms in total. The summed E-state index contributed by atoms with van der Waals surface area (Å²) in [6.45, 7) is 2.26. The molecule has 0 spiro atoms. The van der Waals surface area contributed by atoms with Gasteiger partial charge >= 0.3 is 17.9 Å². The molecule has 0 bridgehead atoms. The molecule has 0 aliphatic rings. The molecule has 0 unspecified atom stereocenters. The second-order valence-corrected chi connectivity index (χ2v) is 14.5. The Balaban J connectivity index is 3.33. The summed E-state index contributed by atoms with van der Waals surface area (Å²) in [5, 5.41) is 8.64. The van der Waals surface area contributed by atoms with Crippen LogP contribution in [0, 0.1) is 0 Å². The number of carbonyl (C=O) groups excluding carboxylic acids is 3. The van der Waals surface area contributed by atoms with Crippen LogP contribution in [0.5, 0.6) is 0 Å². The van der Waals surface area contributed by atoms with E-state index in [1.165, 1.54) is 128 Å². The zero-order valence-corrected chi connectivity index (χ0v) is 31.7. The third-order valence-corrected chi connectivity index (χ3v) is 9.64. The number of ether oxygens (including phenoxy) is 1. The number of ketones is 1. The summed E-state index contributed by atoms with van der Waals surface area (Å²) in [7, 11) is 0. The van der Waals surface area contributed by atoms with Gasteiger partial charge in [0.05, 0.1) is 0 Å². The first-order chi connectivity index (χ1) is 23.5. The van der Waals surface area contributed by atoms with E-state index in [1.807, 2.05) is 0 Å². The van der Waals surface area contributed by atoms with Crippen molar-refractivity contribution < 1.29 is 29.0 Å². The third-order valence-electron chi connectivity index (χ3n) is 9.64. The van der Waals surface area contributed by atoms with Crippen molar-refractivity contribution in [2.45, 2.75) is 244 Å². The van der Waals surface area contributed by atoms with E-state index in [0.29, 0.717) is 25.0 Å². The van der Waals surface area contributed by atoms with Crippen LogP contribution < -0.4 is 0 Å². The quantitative estimate of drug-likeness (QED) is 0.0395. The number of carboxylic acid groups (broad SMARTS) is 1. The summed E-state index contributed by atoms with van der Waals surface area (Å²) < 4.78 is 5.01. The van der Waals surface area contributed by atoms with Crippen LogP contribution >= 0.6 is 0 Å². The van der Waals surface area contributed by atoms with Crippen molar-refractivity contribution >= 4 is 23.7 Å². The molecule has 6 heteroatoms. The summed E-state index contributed by atoms with van der Waals surface area (Å²) in [6.07, 6.45) is 40.2. The molecule has 0 saturated heterocycles. The maximum atomic E-state index is 12.1. The summed E-state index contributed by atoms with van der Waals surface area (Å²) in [5.74, 6) is -0.975. The second-order valence-electron chi connectivity index (χ2n) is 14.5. The molecule has 0 aromatic rings. The van der Waals surface area contributed by atoms with Crippen LogP contribution in [0.2, 0.25) is 0 Å². The van der Waals surface area contributed by atoms with Gasteiger partial charge in [0, 0.05) is 32.1 Å². The Morgan fingerprint density at radius 1 is 0.333 bits per heavy atom. The van der Waals surface area contributed by atoms with E-state index in [9.17, 15) is 19.2 Å². The highest BCUT2D eigenvalue weighted by molar-refractivity contribution is 5.85. The van der Waals surface area contributed by atoms with E-state index in [-0.39, 0.29) is 11.9 Å². The molecule has 0 aromatic heterocycles. The molecule has 0 aromatic carbocycles. The maximum Gasteiger partial charge on any atom is 0.313 e. The predicted octanol–water partition coefficient (Wildman–Crippen LogP) is 13.2. The molecule has 0 rings (SSSR count). The molecule has 48 heavy (non-hydrogen) atoms. The van der Waals surface area contributed by atoms with Crippen molar-refractivity contribution in [1.29, 1.82) is 0 Å². The van der Waals surface area contributed by atoms with E-state index in [0.717, 1.165) is 89.9 Å². The van der Waals surface area contributed by atoms with Gasteiger partial charge in [-0.3, -0.25) is 19.2 Å². The van der Waals surface area contributed by atoms with Crippen molar-refractivity contribution in [3.63, 3.8) is 0 Å². The minimum Gasteiger partial charge on any atom is -0.481 e. The zero-order chi connectivity index (χ0) is 35.2. The number of rotatable bonds is 39. The number of aliphatic carboxylic acids is 1. The van der Waals surface area contributed by atoms with Crippen LogP contribution in [0.1, 0.15) is 244 Å². The van der Waals surface area contributed by atoms with E-state index < -0.39 is 5.97 Å². The Bertz CT molecular complexity index is 748. The Hall–Kier alpha value is -1.72. The molecule has 0 fully saturated rings. The number of unbranched alkanes of at least 4 members (excludes halogenated alkanes) is 29. The van der Waals surface area contributed by atoms with Gasteiger partial charge in [0.1, 0.15) is 5.78 Å². The van der Waals surface area contributed by atoms with Crippen molar-refractivity contribution in [3.05, 3.63) is 0 Å². The van der Waals surface area contributed by atoms with Gasteiger partial charge in [-0.25, -0.2) is 0 Å². The summed E-state index contributed by atoms with van der Waals surface area (Å²) in [6, 6.07) is 0. The fourth-order valence-corrected chi connectivity index (χ4v) is 6.48. The molecular formula is C42H78O6. The van der Waals surface area contributed by atoms with E-state index in [2.05, 4.69) is 6.92 Å². The SMILES string of the molecule is CCCCCCCCCCCCCCCC(=O)OC(=O)CCCCCCCCCCCCC(=O)CCCCCCCCCCCC(=O)O. The average Bonchev–Trinajstić information content (AvgIpc) is 3.06. The smallest absolute Gasteiger partial charge is 0.313 e. The van der Waals surface area contributed by atoms with E-state index in [1.54, 1.807) is 0 Å². The Labute approximate surface area is 296 Å².